The Labute approximate surface area is 144 Å². The van der Waals surface area contributed by atoms with E-state index in [0.717, 1.165) is 34.4 Å². The van der Waals surface area contributed by atoms with E-state index in [9.17, 15) is 21.6 Å². The lowest BCUT2D eigenvalue weighted by molar-refractivity contribution is -0.139. The second-order valence-electron chi connectivity index (χ2n) is 5.97. The van der Waals surface area contributed by atoms with E-state index in [-0.39, 0.29) is 0 Å². The van der Waals surface area contributed by atoms with Crippen molar-refractivity contribution in [2.45, 2.75) is 31.3 Å². The fraction of sp³-hybridized carbons (Fsp3) is 0.222. The SMILES string of the molecule is CC1=CCc2c(NS(=O)(=O)c3ccccc3C(F)(F)F)ccc(C)c21. The van der Waals surface area contributed by atoms with Gasteiger partial charge in [-0.15, -0.1) is 0 Å². The van der Waals surface area contributed by atoms with Crippen molar-refractivity contribution in [3.05, 3.63) is 64.7 Å². The molecule has 3 rings (SSSR count). The number of aryl methyl sites for hydroxylation is 1. The van der Waals surface area contributed by atoms with Crippen LogP contribution in [0.2, 0.25) is 0 Å². The van der Waals surface area contributed by atoms with Crippen molar-refractivity contribution < 1.29 is 21.6 Å². The number of nitrogens with one attached hydrogen (secondary N) is 1. The van der Waals surface area contributed by atoms with Crippen molar-refractivity contribution in [2.75, 3.05) is 4.72 Å². The predicted octanol–water partition coefficient (Wildman–Crippen LogP) is 4.77. The molecule has 1 aliphatic carbocycles. The molecule has 0 unspecified atom stereocenters. The molecule has 0 aromatic heterocycles. The molecule has 0 spiro atoms. The van der Waals surface area contributed by atoms with Crippen molar-refractivity contribution >= 4 is 21.3 Å². The quantitative estimate of drug-likeness (QED) is 0.849. The minimum Gasteiger partial charge on any atom is -0.279 e. The summed E-state index contributed by atoms with van der Waals surface area (Å²) in [6.45, 7) is 3.84. The van der Waals surface area contributed by atoms with Gasteiger partial charge in [0, 0.05) is 0 Å². The van der Waals surface area contributed by atoms with Crippen molar-refractivity contribution in [3.8, 4) is 0 Å². The van der Waals surface area contributed by atoms with Gasteiger partial charge in [0.15, 0.2) is 0 Å². The van der Waals surface area contributed by atoms with E-state index in [1.54, 1.807) is 12.1 Å². The number of alkyl halides is 3. The normalized spacial score (nSPS) is 14.2. The van der Waals surface area contributed by atoms with Gasteiger partial charge in [-0.2, -0.15) is 13.2 Å². The lowest BCUT2D eigenvalue weighted by Crippen LogP contribution is -2.19. The van der Waals surface area contributed by atoms with E-state index in [4.69, 9.17) is 0 Å². The van der Waals surface area contributed by atoms with E-state index in [1.807, 2.05) is 19.9 Å². The number of fused-ring (bicyclic) bond motifs is 1. The average molecular weight is 367 g/mol. The van der Waals surface area contributed by atoms with Crippen LogP contribution in [0.1, 0.15) is 29.2 Å². The molecule has 0 saturated carbocycles. The van der Waals surface area contributed by atoms with Gasteiger partial charge in [-0.1, -0.05) is 24.3 Å². The summed E-state index contributed by atoms with van der Waals surface area (Å²) in [5.74, 6) is 0. The van der Waals surface area contributed by atoms with Crippen molar-refractivity contribution in [1.29, 1.82) is 0 Å². The van der Waals surface area contributed by atoms with E-state index in [1.165, 1.54) is 12.1 Å². The molecular weight excluding hydrogens is 351 g/mol. The third-order valence-corrected chi connectivity index (χ3v) is 5.68. The number of sulfonamides is 1. The first kappa shape index (κ1) is 17.5. The molecule has 0 amide bonds. The van der Waals surface area contributed by atoms with Crippen LogP contribution in [-0.4, -0.2) is 8.42 Å². The van der Waals surface area contributed by atoms with Gasteiger partial charge in [0.1, 0.15) is 0 Å². The lowest BCUT2D eigenvalue weighted by atomic mass is 9.99. The molecule has 1 N–H and O–H groups in total. The van der Waals surface area contributed by atoms with Gasteiger partial charge in [0.2, 0.25) is 0 Å². The number of benzene rings is 2. The van der Waals surface area contributed by atoms with Gasteiger partial charge in [0.25, 0.3) is 10.0 Å². The zero-order chi connectivity index (χ0) is 18.4. The van der Waals surface area contributed by atoms with Crippen LogP contribution in [0.25, 0.3) is 5.57 Å². The van der Waals surface area contributed by atoms with Crippen molar-refractivity contribution in [2.24, 2.45) is 0 Å². The average Bonchev–Trinajstić information content (AvgIpc) is 2.92. The summed E-state index contributed by atoms with van der Waals surface area (Å²) in [5, 5.41) is 0. The molecule has 2 aromatic rings. The van der Waals surface area contributed by atoms with Crippen LogP contribution in [0.5, 0.6) is 0 Å². The molecule has 0 heterocycles. The smallest absolute Gasteiger partial charge is 0.279 e. The van der Waals surface area contributed by atoms with Gasteiger partial charge in [-0.25, -0.2) is 8.42 Å². The number of allylic oxidation sites excluding steroid dienone is 2. The number of hydrogen-bond acceptors (Lipinski definition) is 2. The molecule has 0 bridgehead atoms. The Bertz CT molecular complexity index is 976. The van der Waals surface area contributed by atoms with Crippen LogP contribution in [-0.2, 0) is 22.6 Å². The minimum atomic E-state index is -4.75. The Balaban J connectivity index is 2.06. The van der Waals surface area contributed by atoms with Crippen molar-refractivity contribution in [1.82, 2.24) is 0 Å². The third kappa shape index (κ3) is 3.16. The van der Waals surface area contributed by atoms with E-state index < -0.39 is 26.7 Å². The zero-order valence-electron chi connectivity index (χ0n) is 13.6. The maximum atomic E-state index is 13.1. The number of rotatable bonds is 3. The monoisotopic (exact) mass is 367 g/mol. The largest absolute Gasteiger partial charge is 0.417 e. The molecule has 1 aliphatic rings. The van der Waals surface area contributed by atoms with Crippen LogP contribution in [0, 0.1) is 6.92 Å². The number of anilines is 1. The Morgan fingerprint density at radius 3 is 2.40 bits per heavy atom. The Kier molecular flexibility index (Phi) is 4.15. The van der Waals surface area contributed by atoms with Gasteiger partial charge in [-0.05, 0) is 60.7 Å². The Morgan fingerprint density at radius 1 is 1.04 bits per heavy atom. The second kappa shape index (κ2) is 5.91. The molecule has 7 heteroatoms. The lowest BCUT2D eigenvalue weighted by Gasteiger charge is -2.17. The summed E-state index contributed by atoms with van der Waals surface area (Å²) >= 11 is 0. The highest BCUT2D eigenvalue weighted by molar-refractivity contribution is 7.92. The minimum absolute atomic E-state index is 0.311. The summed E-state index contributed by atoms with van der Waals surface area (Å²) < 4.78 is 67.0. The first-order valence-corrected chi connectivity index (χ1v) is 9.08. The summed E-state index contributed by atoms with van der Waals surface area (Å²) in [5.41, 5.74) is 2.89. The zero-order valence-corrected chi connectivity index (χ0v) is 14.4. The maximum Gasteiger partial charge on any atom is 0.417 e. The molecule has 0 atom stereocenters. The molecule has 0 radical (unpaired) electrons. The number of halogens is 3. The molecular formula is C18H16F3NO2S. The predicted molar refractivity (Wildman–Crippen MR) is 90.8 cm³/mol. The Hall–Kier alpha value is -2.28. The summed E-state index contributed by atoms with van der Waals surface area (Å²) in [6.07, 6.45) is -2.24. The van der Waals surface area contributed by atoms with E-state index in [2.05, 4.69) is 4.72 Å². The summed E-state index contributed by atoms with van der Waals surface area (Å²) in [6, 6.07) is 7.51. The standard InChI is InChI=1S/C18H16F3NO2S/c1-11-7-9-13-15(10-8-12(2)17(11)13)22-25(23,24)16-6-4-3-5-14(16)18(19,20)21/h3-8,10,22H,9H2,1-2H3. The van der Waals surface area contributed by atoms with E-state index in [0.29, 0.717) is 12.1 Å². The topological polar surface area (TPSA) is 46.2 Å². The van der Waals surface area contributed by atoms with Crippen LogP contribution in [0.15, 0.2) is 47.4 Å². The van der Waals surface area contributed by atoms with Gasteiger partial charge >= 0.3 is 6.18 Å². The molecule has 132 valence electrons. The summed E-state index contributed by atoms with van der Waals surface area (Å²) in [7, 11) is -4.37. The summed E-state index contributed by atoms with van der Waals surface area (Å²) in [4.78, 5) is -0.778. The van der Waals surface area contributed by atoms with Crippen LogP contribution >= 0.6 is 0 Å². The maximum absolute atomic E-state index is 13.1. The number of hydrogen-bond donors (Lipinski definition) is 1. The van der Waals surface area contributed by atoms with Crippen LogP contribution < -0.4 is 4.72 Å². The Morgan fingerprint density at radius 2 is 1.72 bits per heavy atom. The fourth-order valence-corrected chi connectivity index (χ4v) is 4.44. The molecule has 25 heavy (non-hydrogen) atoms. The first-order valence-electron chi connectivity index (χ1n) is 7.60. The molecule has 0 aliphatic heterocycles. The molecule has 3 nitrogen and oxygen atoms in total. The van der Waals surface area contributed by atoms with Crippen LogP contribution in [0.4, 0.5) is 18.9 Å². The third-order valence-electron chi connectivity index (χ3n) is 4.25. The van der Waals surface area contributed by atoms with E-state index >= 15 is 0 Å². The molecule has 0 saturated heterocycles. The van der Waals surface area contributed by atoms with Gasteiger partial charge in [-0.3, -0.25) is 4.72 Å². The highest BCUT2D eigenvalue weighted by Crippen LogP contribution is 2.38. The first-order chi connectivity index (χ1) is 11.6. The van der Waals surface area contributed by atoms with Crippen LogP contribution in [0.3, 0.4) is 0 Å². The molecule has 0 fully saturated rings. The van der Waals surface area contributed by atoms with Crippen molar-refractivity contribution in [3.63, 3.8) is 0 Å². The van der Waals surface area contributed by atoms with Gasteiger partial charge in [0.05, 0.1) is 16.1 Å². The van der Waals surface area contributed by atoms with Gasteiger partial charge < -0.3 is 0 Å². The highest BCUT2D eigenvalue weighted by atomic mass is 32.2. The second-order valence-corrected chi connectivity index (χ2v) is 7.63. The highest BCUT2D eigenvalue weighted by Gasteiger charge is 2.37. The molecule has 2 aromatic carbocycles. The fourth-order valence-electron chi connectivity index (χ4n) is 3.11.